The molecular weight excluding hydrogens is 226 g/mol. The summed E-state index contributed by atoms with van der Waals surface area (Å²) in [4.78, 5) is 2.44. The molecule has 0 unspecified atom stereocenters. The van der Waals surface area contributed by atoms with Crippen LogP contribution in [0, 0.1) is 0 Å². The molecule has 4 nitrogen and oxygen atoms in total. The van der Waals surface area contributed by atoms with Crippen molar-refractivity contribution in [2.24, 2.45) is 7.05 Å². The molecule has 0 amide bonds. The van der Waals surface area contributed by atoms with Crippen molar-refractivity contribution in [2.75, 3.05) is 13.1 Å². The Balaban J connectivity index is 1.82. The molecule has 0 atom stereocenters. The maximum atomic E-state index is 10.6. The summed E-state index contributed by atoms with van der Waals surface area (Å²) in [6.45, 7) is 6.47. The van der Waals surface area contributed by atoms with Crippen LogP contribution >= 0.6 is 0 Å². The van der Waals surface area contributed by atoms with Gasteiger partial charge in [-0.05, 0) is 45.1 Å². The average molecular weight is 251 g/mol. The molecule has 0 saturated carbocycles. The number of rotatable bonds is 4. The standard InChI is InChI=1S/C14H25N3O/c1-12(2)17-8-6-14(18,7-9-17)5-4-13-10-15-16(3)11-13/h10-12,18H,4-9H2,1-3H3. The van der Waals surface area contributed by atoms with Crippen LogP contribution in [0.3, 0.4) is 0 Å². The fraction of sp³-hybridized carbons (Fsp3) is 0.786. The van der Waals surface area contributed by atoms with Gasteiger partial charge < -0.3 is 10.0 Å². The van der Waals surface area contributed by atoms with Gasteiger partial charge >= 0.3 is 0 Å². The molecule has 1 saturated heterocycles. The topological polar surface area (TPSA) is 41.3 Å². The van der Waals surface area contributed by atoms with Gasteiger partial charge in [0.15, 0.2) is 0 Å². The second kappa shape index (κ2) is 5.41. The summed E-state index contributed by atoms with van der Waals surface area (Å²) in [5.74, 6) is 0. The van der Waals surface area contributed by atoms with Crippen molar-refractivity contribution in [3.05, 3.63) is 18.0 Å². The van der Waals surface area contributed by atoms with Crippen LogP contribution in [0.2, 0.25) is 0 Å². The number of piperidine rings is 1. The highest BCUT2D eigenvalue weighted by Gasteiger charge is 2.32. The fourth-order valence-corrected chi connectivity index (χ4v) is 2.68. The maximum Gasteiger partial charge on any atom is 0.0675 e. The van der Waals surface area contributed by atoms with E-state index in [2.05, 4.69) is 23.8 Å². The van der Waals surface area contributed by atoms with Crippen LogP contribution in [0.25, 0.3) is 0 Å². The van der Waals surface area contributed by atoms with E-state index in [1.54, 1.807) is 0 Å². The minimum absolute atomic E-state index is 0.471. The third-order valence-corrected chi connectivity index (χ3v) is 4.10. The lowest BCUT2D eigenvalue weighted by Gasteiger charge is -2.40. The van der Waals surface area contributed by atoms with Crippen LogP contribution in [0.1, 0.15) is 38.7 Å². The number of aliphatic hydroxyl groups is 1. The van der Waals surface area contributed by atoms with E-state index in [1.165, 1.54) is 5.56 Å². The molecule has 1 N–H and O–H groups in total. The minimum atomic E-state index is -0.471. The van der Waals surface area contributed by atoms with E-state index in [9.17, 15) is 5.11 Å². The first-order valence-corrected chi connectivity index (χ1v) is 6.92. The Morgan fingerprint density at radius 1 is 1.39 bits per heavy atom. The smallest absolute Gasteiger partial charge is 0.0675 e. The number of hydrogen-bond donors (Lipinski definition) is 1. The first-order chi connectivity index (χ1) is 8.48. The summed E-state index contributed by atoms with van der Waals surface area (Å²) < 4.78 is 1.82. The Hall–Kier alpha value is -0.870. The fourth-order valence-electron chi connectivity index (χ4n) is 2.68. The second-order valence-electron chi connectivity index (χ2n) is 5.88. The molecule has 18 heavy (non-hydrogen) atoms. The van der Waals surface area contributed by atoms with E-state index in [-0.39, 0.29) is 0 Å². The summed E-state index contributed by atoms with van der Waals surface area (Å²) in [6, 6.07) is 0.591. The van der Waals surface area contributed by atoms with Crippen LogP contribution in [-0.4, -0.2) is 44.5 Å². The number of aromatic nitrogens is 2. The van der Waals surface area contributed by atoms with E-state index in [1.807, 2.05) is 24.1 Å². The van der Waals surface area contributed by atoms with Crippen LogP contribution < -0.4 is 0 Å². The Kier molecular flexibility index (Phi) is 4.07. The molecule has 1 aromatic rings. The minimum Gasteiger partial charge on any atom is -0.390 e. The molecule has 4 heteroatoms. The maximum absolute atomic E-state index is 10.6. The summed E-state index contributed by atoms with van der Waals surface area (Å²) in [6.07, 6.45) is 7.49. The molecule has 1 aliphatic heterocycles. The van der Waals surface area contributed by atoms with Crippen molar-refractivity contribution in [2.45, 2.75) is 51.2 Å². The second-order valence-corrected chi connectivity index (χ2v) is 5.88. The average Bonchev–Trinajstić information content (AvgIpc) is 2.73. The molecule has 0 bridgehead atoms. The Bertz CT molecular complexity index is 378. The Morgan fingerprint density at radius 3 is 2.56 bits per heavy atom. The predicted octanol–water partition coefficient (Wildman–Crippen LogP) is 1.59. The van der Waals surface area contributed by atoms with Crippen molar-refractivity contribution in [3.8, 4) is 0 Å². The summed E-state index contributed by atoms with van der Waals surface area (Å²) in [5.41, 5.74) is 0.749. The van der Waals surface area contributed by atoms with E-state index < -0.39 is 5.60 Å². The third-order valence-electron chi connectivity index (χ3n) is 4.10. The lowest BCUT2D eigenvalue weighted by atomic mass is 9.86. The molecule has 1 aromatic heterocycles. The number of aryl methyl sites for hydroxylation is 2. The Morgan fingerprint density at radius 2 is 2.06 bits per heavy atom. The highest BCUT2D eigenvalue weighted by Crippen LogP contribution is 2.27. The zero-order chi connectivity index (χ0) is 13.2. The predicted molar refractivity (Wildman–Crippen MR) is 72.4 cm³/mol. The van der Waals surface area contributed by atoms with Crippen molar-refractivity contribution >= 4 is 0 Å². The van der Waals surface area contributed by atoms with Crippen molar-refractivity contribution in [3.63, 3.8) is 0 Å². The molecule has 0 aliphatic carbocycles. The zero-order valence-electron chi connectivity index (χ0n) is 11.8. The molecule has 2 heterocycles. The molecule has 0 radical (unpaired) electrons. The first-order valence-electron chi connectivity index (χ1n) is 6.92. The largest absolute Gasteiger partial charge is 0.390 e. The normalized spacial score (nSPS) is 20.5. The molecule has 1 aliphatic rings. The first kappa shape index (κ1) is 13.6. The molecule has 0 aromatic carbocycles. The van der Waals surface area contributed by atoms with Crippen LogP contribution in [0.15, 0.2) is 12.4 Å². The van der Waals surface area contributed by atoms with Gasteiger partial charge in [-0.1, -0.05) is 0 Å². The van der Waals surface area contributed by atoms with Gasteiger partial charge in [-0.3, -0.25) is 4.68 Å². The quantitative estimate of drug-likeness (QED) is 0.883. The SMILES string of the molecule is CC(C)N1CCC(O)(CCc2cnn(C)c2)CC1. The lowest BCUT2D eigenvalue weighted by Crippen LogP contribution is -2.46. The van der Waals surface area contributed by atoms with Crippen molar-refractivity contribution < 1.29 is 5.11 Å². The van der Waals surface area contributed by atoms with Gasteiger partial charge in [0.1, 0.15) is 0 Å². The third kappa shape index (κ3) is 3.33. The van der Waals surface area contributed by atoms with Crippen LogP contribution in [0.5, 0.6) is 0 Å². The molecule has 1 fully saturated rings. The molecule has 2 rings (SSSR count). The van der Waals surface area contributed by atoms with Gasteiger partial charge in [0.2, 0.25) is 0 Å². The van der Waals surface area contributed by atoms with Crippen molar-refractivity contribution in [1.29, 1.82) is 0 Å². The van der Waals surface area contributed by atoms with Crippen molar-refractivity contribution in [1.82, 2.24) is 14.7 Å². The summed E-state index contributed by atoms with van der Waals surface area (Å²) in [5, 5.41) is 14.8. The number of hydrogen-bond acceptors (Lipinski definition) is 3. The number of likely N-dealkylation sites (tertiary alicyclic amines) is 1. The van der Waals surface area contributed by atoms with Gasteiger partial charge in [-0.2, -0.15) is 5.10 Å². The van der Waals surface area contributed by atoms with Gasteiger partial charge in [0, 0.05) is 32.4 Å². The van der Waals surface area contributed by atoms with E-state index in [4.69, 9.17) is 0 Å². The van der Waals surface area contributed by atoms with Gasteiger partial charge in [0.05, 0.1) is 11.8 Å². The van der Waals surface area contributed by atoms with E-state index in [0.717, 1.165) is 38.8 Å². The highest BCUT2D eigenvalue weighted by molar-refractivity contribution is 5.05. The molecular formula is C14H25N3O. The van der Waals surface area contributed by atoms with Gasteiger partial charge in [-0.15, -0.1) is 0 Å². The molecule has 102 valence electrons. The highest BCUT2D eigenvalue weighted by atomic mass is 16.3. The number of nitrogens with zero attached hydrogens (tertiary/aromatic N) is 3. The summed E-state index contributed by atoms with van der Waals surface area (Å²) in [7, 11) is 1.93. The lowest BCUT2D eigenvalue weighted by molar-refractivity contribution is -0.0334. The van der Waals surface area contributed by atoms with Gasteiger partial charge in [-0.25, -0.2) is 0 Å². The van der Waals surface area contributed by atoms with E-state index in [0.29, 0.717) is 6.04 Å². The monoisotopic (exact) mass is 251 g/mol. The Labute approximate surface area is 110 Å². The van der Waals surface area contributed by atoms with Gasteiger partial charge in [0.25, 0.3) is 0 Å². The van der Waals surface area contributed by atoms with Crippen LogP contribution in [-0.2, 0) is 13.5 Å². The zero-order valence-corrected chi connectivity index (χ0v) is 11.8. The van der Waals surface area contributed by atoms with E-state index >= 15 is 0 Å². The summed E-state index contributed by atoms with van der Waals surface area (Å²) >= 11 is 0. The van der Waals surface area contributed by atoms with Crippen LogP contribution in [0.4, 0.5) is 0 Å². The molecule has 0 spiro atoms.